The van der Waals surface area contributed by atoms with E-state index < -0.39 is 0 Å². The van der Waals surface area contributed by atoms with Crippen molar-refractivity contribution >= 4 is 0 Å². The van der Waals surface area contributed by atoms with Crippen LogP contribution in [0.3, 0.4) is 0 Å². The molecule has 2 atom stereocenters. The maximum atomic E-state index is 3.48. The minimum atomic E-state index is 0.742. The van der Waals surface area contributed by atoms with Crippen LogP contribution in [0.15, 0.2) is 30.3 Å². The standard InChI is InChI=1S/C18H29N3/c1-19-17-8-5-9-18(14-17)21-12-10-20(11-13-21)15-16-6-3-2-4-7-16/h2-4,6-7,17-19H,5,8-15H2,1H3. The van der Waals surface area contributed by atoms with Crippen molar-refractivity contribution in [2.45, 2.75) is 44.3 Å². The molecule has 2 aliphatic rings. The van der Waals surface area contributed by atoms with E-state index in [2.05, 4.69) is 52.5 Å². The number of hydrogen-bond acceptors (Lipinski definition) is 3. The zero-order chi connectivity index (χ0) is 14.5. The molecular formula is C18H29N3. The molecule has 21 heavy (non-hydrogen) atoms. The van der Waals surface area contributed by atoms with Crippen LogP contribution in [0.1, 0.15) is 31.2 Å². The highest BCUT2D eigenvalue weighted by Crippen LogP contribution is 2.24. The van der Waals surface area contributed by atoms with Gasteiger partial charge in [-0.2, -0.15) is 0 Å². The molecule has 1 saturated carbocycles. The molecule has 1 N–H and O–H groups in total. The fourth-order valence-corrected chi connectivity index (χ4v) is 3.89. The summed E-state index contributed by atoms with van der Waals surface area (Å²) in [5.41, 5.74) is 1.44. The molecule has 3 heteroatoms. The molecule has 0 aromatic heterocycles. The Morgan fingerprint density at radius 2 is 1.81 bits per heavy atom. The normalized spacial score (nSPS) is 28.6. The quantitative estimate of drug-likeness (QED) is 0.917. The molecule has 1 saturated heterocycles. The van der Waals surface area contributed by atoms with E-state index in [9.17, 15) is 0 Å². The van der Waals surface area contributed by atoms with Gasteiger partial charge in [0.1, 0.15) is 0 Å². The Labute approximate surface area is 129 Å². The molecule has 0 spiro atoms. The van der Waals surface area contributed by atoms with E-state index in [-0.39, 0.29) is 0 Å². The molecule has 1 aromatic rings. The highest BCUT2D eigenvalue weighted by atomic mass is 15.3. The molecule has 2 unspecified atom stereocenters. The highest BCUT2D eigenvalue weighted by molar-refractivity contribution is 5.14. The molecule has 0 radical (unpaired) electrons. The second kappa shape index (κ2) is 7.39. The summed E-state index contributed by atoms with van der Waals surface area (Å²) >= 11 is 0. The van der Waals surface area contributed by atoms with E-state index in [1.807, 2.05) is 0 Å². The number of nitrogens with zero attached hydrogens (tertiary/aromatic N) is 2. The van der Waals surface area contributed by atoms with Crippen LogP contribution in [-0.2, 0) is 6.54 Å². The first-order valence-electron chi connectivity index (χ1n) is 8.53. The summed E-state index contributed by atoms with van der Waals surface area (Å²) in [4.78, 5) is 5.34. The van der Waals surface area contributed by atoms with Gasteiger partial charge in [0.2, 0.25) is 0 Å². The Morgan fingerprint density at radius 3 is 2.52 bits per heavy atom. The first-order chi connectivity index (χ1) is 10.3. The second-order valence-corrected chi connectivity index (χ2v) is 6.60. The van der Waals surface area contributed by atoms with Gasteiger partial charge in [0.15, 0.2) is 0 Å². The van der Waals surface area contributed by atoms with Gasteiger partial charge < -0.3 is 5.32 Å². The maximum Gasteiger partial charge on any atom is 0.0234 e. The largest absolute Gasteiger partial charge is 0.317 e. The zero-order valence-corrected chi connectivity index (χ0v) is 13.3. The van der Waals surface area contributed by atoms with Gasteiger partial charge in [-0.1, -0.05) is 36.8 Å². The van der Waals surface area contributed by atoms with Crippen LogP contribution >= 0.6 is 0 Å². The van der Waals surface area contributed by atoms with Gasteiger partial charge in [-0.3, -0.25) is 9.80 Å². The molecular weight excluding hydrogens is 258 g/mol. The van der Waals surface area contributed by atoms with Gasteiger partial charge in [-0.05, 0) is 31.9 Å². The van der Waals surface area contributed by atoms with E-state index in [1.54, 1.807) is 0 Å². The molecule has 1 aliphatic carbocycles. The number of nitrogens with one attached hydrogen (secondary N) is 1. The number of rotatable bonds is 4. The van der Waals surface area contributed by atoms with Crippen molar-refractivity contribution in [3.05, 3.63) is 35.9 Å². The Bertz CT molecular complexity index is 412. The zero-order valence-electron chi connectivity index (χ0n) is 13.3. The maximum absolute atomic E-state index is 3.48. The van der Waals surface area contributed by atoms with Crippen LogP contribution in [-0.4, -0.2) is 55.1 Å². The summed E-state index contributed by atoms with van der Waals surface area (Å²) in [7, 11) is 2.12. The van der Waals surface area contributed by atoms with E-state index in [0.29, 0.717) is 0 Å². The van der Waals surface area contributed by atoms with Crippen LogP contribution < -0.4 is 5.32 Å². The average molecular weight is 287 g/mol. The third kappa shape index (κ3) is 4.06. The summed E-state index contributed by atoms with van der Waals surface area (Å²) in [5.74, 6) is 0. The Morgan fingerprint density at radius 1 is 1.05 bits per heavy atom. The van der Waals surface area contributed by atoms with Gasteiger partial charge in [0, 0.05) is 44.8 Å². The first-order valence-corrected chi connectivity index (χ1v) is 8.53. The van der Waals surface area contributed by atoms with Crippen molar-refractivity contribution in [1.29, 1.82) is 0 Å². The van der Waals surface area contributed by atoms with Crippen molar-refractivity contribution < 1.29 is 0 Å². The van der Waals surface area contributed by atoms with Crippen LogP contribution in [0.4, 0.5) is 0 Å². The second-order valence-electron chi connectivity index (χ2n) is 6.60. The van der Waals surface area contributed by atoms with Crippen LogP contribution in [0.5, 0.6) is 0 Å². The topological polar surface area (TPSA) is 18.5 Å². The van der Waals surface area contributed by atoms with Gasteiger partial charge in [-0.25, -0.2) is 0 Å². The van der Waals surface area contributed by atoms with Crippen molar-refractivity contribution in [2.75, 3.05) is 33.2 Å². The van der Waals surface area contributed by atoms with Crippen LogP contribution in [0.2, 0.25) is 0 Å². The van der Waals surface area contributed by atoms with Crippen molar-refractivity contribution in [1.82, 2.24) is 15.1 Å². The van der Waals surface area contributed by atoms with Crippen LogP contribution in [0.25, 0.3) is 0 Å². The molecule has 3 nitrogen and oxygen atoms in total. The number of piperazine rings is 1. The smallest absolute Gasteiger partial charge is 0.0234 e. The van der Waals surface area contributed by atoms with E-state index in [1.165, 1.54) is 57.4 Å². The summed E-state index contributed by atoms with van der Waals surface area (Å²) in [6, 6.07) is 12.4. The number of benzene rings is 1. The predicted octanol–water partition coefficient (Wildman–Crippen LogP) is 2.33. The summed E-state index contributed by atoms with van der Waals surface area (Å²) in [6.45, 7) is 6.03. The molecule has 2 fully saturated rings. The monoisotopic (exact) mass is 287 g/mol. The Balaban J connectivity index is 1.46. The van der Waals surface area contributed by atoms with E-state index in [0.717, 1.165) is 18.6 Å². The van der Waals surface area contributed by atoms with E-state index >= 15 is 0 Å². The lowest BCUT2D eigenvalue weighted by Crippen LogP contribution is -2.52. The third-order valence-corrected chi connectivity index (χ3v) is 5.23. The van der Waals surface area contributed by atoms with Gasteiger partial charge >= 0.3 is 0 Å². The third-order valence-electron chi connectivity index (χ3n) is 5.23. The molecule has 1 aromatic carbocycles. The molecule has 0 bridgehead atoms. The molecule has 0 amide bonds. The lowest BCUT2D eigenvalue weighted by Gasteiger charge is -2.42. The lowest BCUT2D eigenvalue weighted by molar-refractivity contribution is 0.0693. The Kier molecular flexibility index (Phi) is 5.28. The molecule has 3 rings (SSSR count). The fraction of sp³-hybridized carbons (Fsp3) is 0.667. The minimum absolute atomic E-state index is 0.742. The Hall–Kier alpha value is -0.900. The first kappa shape index (κ1) is 15.0. The van der Waals surface area contributed by atoms with Crippen LogP contribution in [0, 0.1) is 0 Å². The molecule has 1 aliphatic heterocycles. The molecule has 116 valence electrons. The minimum Gasteiger partial charge on any atom is -0.317 e. The predicted molar refractivity (Wildman–Crippen MR) is 88.4 cm³/mol. The summed E-state index contributed by atoms with van der Waals surface area (Å²) in [5, 5.41) is 3.48. The summed E-state index contributed by atoms with van der Waals surface area (Å²) < 4.78 is 0. The lowest BCUT2D eigenvalue weighted by atomic mass is 9.89. The van der Waals surface area contributed by atoms with E-state index in [4.69, 9.17) is 0 Å². The molecule has 1 heterocycles. The summed E-state index contributed by atoms with van der Waals surface area (Å²) in [6.07, 6.45) is 5.49. The fourth-order valence-electron chi connectivity index (χ4n) is 3.89. The van der Waals surface area contributed by atoms with Crippen molar-refractivity contribution in [2.24, 2.45) is 0 Å². The van der Waals surface area contributed by atoms with Crippen molar-refractivity contribution in [3.63, 3.8) is 0 Å². The van der Waals surface area contributed by atoms with Crippen molar-refractivity contribution in [3.8, 4) is 0 Å². The van der Waals surface area contributed by atoms with Gasteiger partial charge in [0.05, 0.1) is 0 Å². The number of hydrogen-bond donors (Lipinski definition) is 1. The average Bonchev–Trinajstić information content (AvgIpc) is 2.56. The highest BCUT2D eigenvalue weighted by Gasteiger charge is 2.28. The van der Waals surface area contributed by atoms with Gasteiger partial charge in [-0.15, -0.1) is 0 Å². The van der Waals surface area contributed by atoms with Gasteiger partial charge in [0.25, 0.3) is 0 Å². The SMILES string of the molecule is CNC1CCCC(N2CCN(Cc3ccccc3)CC2)C1.